The molecule has 0 heterocycles. The Balaban J connectivity index is -0.000000167. The van der Waals surface area contributed by atoms with Crippen LogP contribution >= 0.6 is 0 Å². The van der Waals surface area contributed by atoms with Crippen molar-refractivity contribution in [1.82, 2.24) is 0 Å². The van der Waals surface area contributed by atoms with Crippen LogP contribution in [0, 0.1) is 26.7 Å². The van der Waals surface area contributed by atoms with Gasteiger partial charge in [-0.15, -0.1) is 0 Å². The average molecular weight is 283 g/mol. The van der Waals surface area contributed by atoms with E-state index in [1.807, 2.05) is 20.8 Å². The minimum atomic E-state index is -0.982. The summed E-state index contributed by atoms with van der Waals surface area (Å²) in [6.07, 6.45) is -0.276. The third-order valence-electron chi connectivity index (χ3n) is 1.48. The molecule has 0 spiro atoms. The van der Waals surface area contributed by atoms with E-state index in [9.17, 15) is 5.11 Å². The summed E-state index contributed by atoms with van der Waals surface area (Å²) in [6.45, 7) is 5.66. The van der Waals surface area contributed by atoms with E-state index in [0.717, 1.165) is 0 Å². The molecule has 2 N–H and O–H groups in total. The monoisotopic (exact) mass is 281 g/mol. The first kappa shape index (κ1) is 24.1. The third kappa shape index (κ3) is 10.8. The van der Waals surface area contributed by atoms with Gasteiger partial charge in [0.2, 0.25) is 0 Å². The van der Waals surface area contributed by atoms with E-state index in [1.165, 1.54) is 13.5 Å². The summed E-state index contributed by atoms with van der Waals surface area (Å²) in [5.41, 5.74) is -0.250. The topological polar surface area (TPSA) is 49.7 Å². The van der Waals surface area contributed by atoms with Crippen LogP contribution in [0.2, 0.25) is 0 Å². The number of ether oxygens (including phenoxy) is 1. The van der Waals surface area contributed by atoms with Gasteiger partial charge in [-0.25, -0.2) is 0 Å². The normalized spacial score (nSPS) is 14.1. The molecular weight excluding hydrogens is 259 g/mol. The van der Waals surface area contributed by atoms with Crippen LogP contribution in [0.25, 0.3) is 0 Å². The predicted molar refractivity (Wildman–Crippen MR) is 55.6 cm³/mol. The van der Waals surface area contributed by atoms with Gasteiger partial charge >= 0.3 is 26.2 Å². The van der Waals surface area contributed by atoms with Crippen molar-refractivity contribution in [2.24, 2.45) is 5.41 Å². The number of hydrogen-bond acceptors (Lipinski definition) is 3. The molecule has 4 heteroatoms. The molecule has 0 saturated carbocycles. The zero-order valence-electron chi connectivity index (χ0n) is 10.0. The van der Waals surface area contributed by atoms with Gasteiger partial charge in [0, 0.05) is 13.5 Å². The van der Waals surface area contributed by atoms with Gasteiger partial charge in [-0.2, -0.15) is 0 Å². The van der Waals surface area contributed by atoms with Crippen molar-refractivity contribution in [2.45, 2.75) is 33.2 Å². The second-order valence-corrected chi connectivity index (χ2v) is 3.63. The van der Waals surface area contributed by atoms with Crippen LogP contribution in [0.3, 0.4) is 0 Å². The van der Waals surface area contributed by atoms with Gasteiger partial charge in [-0.3, -0.25) is 0 Å². The average Bonchev–Trinajstić information content (AvgIpc) is 1.85. The smallest absolute Gasteiger partial charge is 0.392 e. The Kier molecular flexibility index (Phi) is 17.7. The SMILES string of the molecule is COC(O)[CH]C(O)C(C)(C)C.[CH3-].[CH3-].[Zr+2]. The van der Waals surface area contributed by atoms with Crippen LogP contribution in [0.5, 0.6) is 0 Å². The minimum absolute atomic E-state index is 0. The zero-order chi connectivity index (χ0) is 9.07. The molecule has 2 unspecified atom stereocenters. The summed E-state index contributed by atoms with van der Waals surface area (Å²) >= 11 is 0. The first-order valence-electron chi connectivity index (χ1n) is 3.62. The van der Waals surface area contributed by atoms with Gasteiger partial charge in [0.1, 0.15) is 0 Å². The van der Waals surface area contributed by atoms with Crippen molar-refractivity contribution in [2.75, 3.05) is 7.11 Å². The van der Waals surface area contributed by atoms with Crippen LogP contribution in [-0.2, 0) is 30.9 Å². The Morgan fingerprint density at radius 1 is 1.14 bits per heavy atom. The van der Waals surface area contributed by atoms with Crippen LogP contribution in [0.15, 0.2) is 0 Å². The minimum Gasteiger partial charge on any atom is -0.392 e. The van der Waals surface area contributed by atoms with Crippen LogP contribution in [0.1, 0.15) is 20.8 Å². The van der Waals surface area contributed by atoms with Gasteiger partial charge in [-0.1, -0.05) is 20.8 Å². The van der Waals surface area contributed by atoms with Crippen molar-refractivity contribution in [1.29, 1.82) is 0 Å². The number of aliphatic hydroxyl groups excluding tert-OH is 2. The van der Waals surface area contributed by atoms with E-state index in [-0.39, 0.29) is 46.5 Å². The Labute approximate surface area is 108 Å². The molecule has 0 amide bonds. The van der Waals surface area contributed by atoms with Crippen LogP contribution in [-0.4, -0.2) is 29.7 Å². The van der Waals surface area contributed by atoms with Gasteiger partial charge in [0.25, 0.3) is 0 Å². The molecule has 1 radical (unpaired) electrons. The predicted octanol–water partition coefficient (Wildman–Crippen LogP) is 1.46. The molecule has 14 heavy (non-hydrogen) atoms. The van der Waals surface area contributed by atoms with Crippen molar-refractivity contribution < 1.29 is 41.2 Å². The van der Waals surface area contributed by atoms with E-state index in [2.05, 4.69) is 4.74 Å². The summed E-state index contributed by atoms with van der Waals surface area (Å²) in [5, 5.41) is 18.3. The molecule has 0 aliphatic heterocycles. The molecule has 0 aliphatic rings. The van der Waals surface area contributed by atoms with Gasteiger partial charge in [0.05, 0.1) is 6.10 Å². The van der Waals surface area contributed by atoms with E-state index >= 15 is 0 Å². The molecule has 0 fully saturated rings. The van der Waals surface area contributed by atoms with E-state index in [4.69, 9.17) is 5.11 Å². The molecule has 0 aromatic rings. The fraction of sp³-hybridized carbons (Fsp3) is 0.700. The number of methoxy groups -OCH3 is 1. The summed E-state index contributed by atoms with van der Waals surface area (Å²) < 4.78 is 4.56. The maximum Gasteiger partial charge on any atom is 2.00 e. The first-order valence-corrected chi connectivity index (χ1v) is 3.62. The largest absolute Gasteiger partial charge is 2.00 e. The molecule has 3 nitrogen and oxygen atoms in total. The molecule has 0 saturated heterocycles. The number of rotatable bonds is 3. The fourth-order valence-electron chi connectivity index (χ4n) is 0.523. The van der Waals surface area contributed by atoms with Crippen LogP contribution < -0.4 is 0 Å². The van der Waals surface area contributed by atoms with Crippen molar-refractivity contribution in [3.63, 3.8) is 0 Å². The van der Waals surface area contributed by atoms with Gasteiger partial charge in [0.15, 0.2) is 6.29 Å². The zero-order valence-corrected chi connectivity index (χ0v) is 12.5. The van der Waals surface area contributed by atoms with Crippen molar-refractivity contribution in [3.8, 4) is 0 Å². The maximum atomic E-state index is 9.39. The Bertz CT molecular complexity index is 112. The van der Waals surface area contributed by atoms with Gasteiger partial charge in [-0.05, 0) is 5.41 Å². The van der Waals surface area contributed by atoms with E-state index in [1.54, 1.807) is 0 Å². The molecule has 0 aliphatic carbocycles. The number of hydrogen-bond donors (Lipinski definition) is 2. The molecule has 85 valence electrons. The molecule has 0 aromatic heterocycles. The van der Waals surface area contributed by atoms with E-state index in [0.29, 0.717) is 0 Å². The summed E-state index contributed by atoms with van der Waals surface area (Å²) in [5.74, 6) is 0. The van der Waals surface area contributed by atoms with Crippen molar-refractivity contribution in [3.05, 3.63) is 21.3 Å². The first-order chi connectivity index (χ1) is 4.88. The number of aliphatic hydroxyl groups is 2. The summed E-state index contributed by atoms with van der Waals surface area (Å²) in [4.78, 5) is 0. The van der Waals surface area contributed by atoms with Crippen LogP contribution in [0.4, 0.5) is 0 Å². The second-order valence-electron chi connectivity index (χ2n) is 3.63. The molecule has 2 atom stereocenters. The molecule has 0 aromatic carbocycles. The Morgan fingerprint density at radius 3 is 1.71 bits per heavy atom. The van der Waals surface area contributed by atoms with Crippen molar-refractivity contribution >= 4 is 0 Å². The quantitative estimate of drug-likeness (QED) is 0.609. The second kappa shape index (κ2) is 10.3. The Morgan fingerprint density at radius 2 is 1.50 bits per heavy atom. The summed E-state index contributed by atoms with van der Waals surface area (Å²) in [6, 6.07) is 0. The van der Waals surface area contributed by atoms with E-state index < -0.39 is 12.4 Å². The molecular formula is C10H23O3Zr. The van der Waals surface area contributed by atoms with Gasteiger partial charge < -0.3 is 29.8 Å². The maximum absolute atomic E-state index is 9.39. The summed E-state index contributed by atoms with van der Waals surface area (Å²) in [7, 11) is 1.39. The third-order valence-corrected chi connectivity index (χ3v) is 1.48. The molecule has 0 bridgehead atoms. The molecule has 0 rings (SSSR count). The Hall–Kier alpha value is 0.763. The fourth-order valence-corrected chi connectivity index (χ4v) is 0.523. The standard InChI is InChI=1S/C8H17O3.2CH3.Zr/c1-8(2,3)6(9)5-7(10)11-4;;;/h5-7,9-10H,1-4H3;2*1H3;/q;2*-1;+2.